The standard InChI is InChI=1S/C22H22F2N2/c1-3-15-22(23,24)21-25-19(17-11-7-5-8-12-17)20(26(21)16-4-2)18-13-9-6-10-14-18/h3-14,19-20H,1-2,15-16H2/t19-,20+/m0/s1. The van der Waals surface area contributed by atoms with E-state index >= 15 is 0 Å². The smallest absolute Gasteiger partial charge is 0.307 e. The minimum absolute atomic E-state index is 0.194. The van der Waals surface area contributed by atoms with Gasteiger partial charge in [0.05, 0.1) is 6.04 Å². The van der Waals surface area contributed by atoms with Crippen LogP contribution < -0.4 is 0 Å². The third kappa shape index (κ3) is 3.45. The number of alkyl halides is 2. The fourth-order valence-corrected chi connectivity index (χ4v) is 3.41. The third-order valence-electron chi connectivity index (χ3n) is 4.50. The zero-order valence-electron chi connectivity index (χ0n) is 14.6. The molecule has 0 unspecified atom stereocenters. The van der Waals surface area contributed by atoms with Crippen LogP contribution in [0.2, 0.25) is 0 Å². The quantitative estimate of drug-likeness (QED) is 0.594. The van der Waals surface area contributed by atoms with Crippen molar-refractivity contribution in [3.8, 4) is 0 Å². The Bertz CT molecular complexity index is 784. The average molecular weight is 352 g/mol. The van der Waals surface area contributed by atoms with Gasteiger partial charge in [-0.3, -0.25) is 4.99 Å². The molecule has 0 saturated carbocycles. The number of halogens is 2. The second kappa shape index (κ2) is 7.65. The fourth-order valence-electron chi connectivity index (χ4n) is 3.41. The highest BCUT2D eigenvalue weighted by Crippen LogP contribution is 2.45. The highest BCUT2D eigenvalue weighted by atomic mass is 19.3. The molecule has 1 aliphatic heterocycles. The summed E-state index contributed by atoms with van der Waals surface area (Å²) in [5.74, 6) is -3.26. The fraction of sp³-hybridized carbons (Fsp3) is 0.227. The normalized spacial score (nSPS) is 19.9. The molecule has 134 valence electrons. The third-order valence-corrected chi connectivity index (χ3v) is 4.50. The van der Waals surface area contributed by atoms with E-state index < -0.39 is 18.4 Å². The molecule has 3 rings (SSSR count). The molecule has 4 heteroatoms. The van der Waals surface area contributed by atoms with Gasteiger partial charge in [-0.25, -0.2) is 0 Å². The molecule has 0 amide bonds. The van der Waals surface area contributed by atoms with Gasteiger partial charge in [0.25, 0.3) is 0 Å². The number of nitrogens with zero attached hydrogens (tertiary/aromatic N) is 2. The van der Waals surface area contributed by atoms with Gasteiger partial charge < -0.3 is 4.90 Å². The molecule has 2 aromatic rings. The number of benzene rings is 2. The van der Waals surface area contributed by atoms with Crippen molar-refractivity contribution in [2.45, 2.75) is 24.4 Å². The molecule has 0 aromatic heterocycles. The number of rotatable bonds is 7. The second-order valence-electron chi connectivity index (χ2n) is 6.30. The summed E-state index contributed by atoms with van der Waals surface area (Å²) in [6.45, 7) is 7.52. The summed E-state index contributed by atoms with van der Waals surface area (Å²) in [5, 5.41) is 0. The molecule has 26 heavy (non-hydrogen) atoms. The summed E-state index contributed by atoms with van der Waals surface area (Å²) in [6.07, 6.45) is 2.44. The van der Waals surface area contributed by atoms with Crippen LogP contribution in [-0.2, 0) is 0 Å². The maximum absolute atomic E-state index is 14.8. The first-order valence-corrected chi connectivity index (χ1v) is 8.63. The van der Waals surface area contributed by atoms with E-state index in [4.69, 9.17) is 0 Å². The van der Waals surface area contributed by atoms with E-state index in [1.54, 1.807) is 11.0 Å². The Hall–Kier alpha value is -2.75. The molecule has 2 aromatic carbocycles. The van der Waals surface area contributed by atoms with Crippen LogP contribution in [0.25, 0.3) is 0 Å². The maximum atomic E-state index is 14.8. The van der Waals surface area contributed by atoms with Crippen LogP contribution in [0.4, 0.5) is 8.78 Å². The van der Waals surface area contributed by atoms with Crippen molar-refractivity contribution in [3.05, 3.63) is 97.1 Å². The van der Waals surface area contributed by atoms with Crippen molar-refractivity contribution in [1.29, 1.82) is 0 Å². The predicted molar refractivity (Wildman–Crippen MR) is 102 cm³/mol. The van der Waals surface area contributed by atoms with Gasteiger partial charge >= 0.3 is 5.92 Å². The van der Waals surface area contributed by atoms with Crippen molar-refractivity contribution in [2.24, 2.45) is 4.99 Å². The Kier molecular flexibility index (Phi) is 5.31. The van der Waals surface area contributed by atoms with Crippen LogP contribution in [0.15, 0.2) is 91.0 Å². The molecule has 0 N–H and O–H groups in total. The van der Waals surface area contributed by atoms with E-state index in [9.17, 15) is 8.78 Å². The van der Waals surface area contributed by atoms with Crippen molar-refractivity contribution in [2.75, 3.05) is 6.54 Å². The Morgan fingerprint density at radius 1 is 0.923 bits per heavy atom. The Labute approximate surface area is 153 Å². The molecular formula is C22H22F2N2. The predicted octanol–water partition coefficient (Wildman–Crippen LogP) is 5.58. The number of allylic oxidation sites excluding steroid dienone is 1. The minimum atomic E-state index is -3.07. The van der Waals surface area contributed by atoms with Crippen LogP contribution in [0.5, 0.6) is 0 Å². The Morgan fingerprint density at radius 3 is 2.04 bits per heavy atom. The number of amidine groups is 1. The molecule has 0 bridgehead atoms. The zero-order chi connectivity index (χ0) is 18.6. The van der Waals surface area contributed by atoms with Gasteiger partial charge in [0, 0.05) is 13.0 Å². The van der Waals surface area contributed by atoms with Crippen molar-refractivity contribution in [3.63, 3.8) is 0 Å². The van der Waals surface area contributed by atoms with E-state index in [-0.39, 0.29) is 11.9 Å². The molecule has 1 heterocycles. The molecule has 0 spiro atoms. The van der Waals surface area contributed by atoms with E-state index in [1.807, 2.05) is 60.7 Å². The summed E-state index contributed by atoms with van der Waals surface area (Å²) in [6, 6.07) is 18.6. The van der Waals surface area contributed by atoms with Gasteiger partial charge in [-0.15, -0.1) is 13.2 Å². The van der Waals surface area contributed by atoms with E-state index in [1.165, 1.54) is 6.08 Å². The molecule has 2 nitrogen and oxygen atoms in total. The van der Waals surface area contributed by atoms with E-state index in [0.717, 1.165) is 11.1 Å². The lowest BCUT2D eigenvalue weighted by molar-refractivity contribution is 0.0664. The number of hydrogen-bond acceptors (Lipinski definition) is 2. The second-order valence-corrected chi connectivity index (χ2v) is 6.30. The van der Waals surface area contributed by atoms with Crippen molar-refractivity contribution in [1.82, 2.24) is 4.90 Å². The van der Waals surface area contributed by atoms with Gasteiger partial charge in [-0.2, -0.15) is 8.78 Å². The highest BCUT2D eigenvalue weighted by molar-refractivity contribution is 5.91. The topological polar surface area (TPSA) is 15.6 Å². The molecule has 0 radical (unpaired) electrons. The summed E-state index contributed by atoms with van der Waals surface area (Å²) in [4.78, 5) is 6.17. The van der Waals surface area contributed by atoms with Gasteiger partial charge in [0.15, 0.2) is 5.84 Å². The molecule has 2 atom stereocenters. The van der Waals surface area contributed by atoms with Crippen molar-refractivity contribution < 1.29 is 8.78 Å². The first-order valence-electron chi connectivity index (χ1n) is 8.63. The lowest BCUT2D eigenvalue weighted by Gasteiger charge is -2.32. The van der Waals surface area contributed by atoms with Crippen LogP contribution in [0.1, 0.15) is 29.6 Å². The van der Waals surface area contributed by atoms with Gasteiger partial charge in [0.2, 0.25) is 0 Å². The largest absolute Gasteiger partial charge is 0.342 e. The van der Waals surface area contributed by atoms with Crippen LogP contribution in [-0.4, -0.2) is 23.2 Å². The van der Waals surface area contributed by atoms with E-state index in [0.29, 0.717) is 6.54 Å². The van der Waals surface area contributed by atoms with Gasteiger partial charge in [0.1, 0.15) is 6.04 Å². The Balaban J connectivity index is 2.12. The molecular weight excluding hydrogens is 330 g/mol. The molecule has 0 saturated heterocycles. The molecule has 0 aliphatic carbocycles. The highest BCUT2D eigenvalue weighted by Gasteiger charge is 2.47. The SMILES string of the molecule is C=CCN1C(C(F)(F)CC=C)=N[C@@H](c2ccccc2)[C@H]1c1ccccc1. The lowest BCUT2D eigenvalue weighted by Crippen LogP contribution is -2.42. The summed E-state index contributed by atoms with van der Waals surface area (Å²) in [7, 11) is 0. The first kappa shape index (κ1) is 18.1. The Morgan fingerprint density at radius 2 is 1.50 bits per heavy atom. The average Bonchev–Trinajstić information content (AvgIpc) is 3.04. The zero-order valence-corrected chi connectivity index (χ0v) is 14.6. The van der Waals surface area contributed by atoms with Crippen molar-refractivity contribution >= 4 is 5.84 Å². The molecule has 1 aliphatic rings. The summed E-state index contributed by atoms with van der Waals surface area (Å²) < 4.78 is 29.6. The molecule has 0 fully saturated rings. The minimum Gasteiger partial charge on any atom is -0.342 e. The first-order chi connectivity index (χ1) is 12.6. The lowest BCUT2D eigenvalue weighted by atomic mass is 9.93. The summed E-state index contributed by atoms with van der Waals surface area (Å²) in [5.41, 5.74) is 1.87. The number of hydrogen-bond donors (Lipinski definition) is 0. The maximum Gasteiger partial charge on any atom is 0.307 e. The monoisotopic (exact) mass is 352 g/mol. The van der Waals surface area contributed by atoms with E-state index in [2.05, 4.69) is 18.2 Å². The van der Waals surface area contributed by atoms with Crippen LogP contribution in [0.3, 0.4) is 0 Å². The van der Waals surface area contributed by atoms with Gasteiger partial charge in [-0.05, 0) is 11.1 Å². The van der Waals surface area contributed by atoms with Crippen LogP contribution in [0, 0.1) is 0 Å². The van der Waals surface area contributed by atoms with Crippen LogP contribution >= 0.6 is 0 Å². The van der Waals surface area contributed by atoms with Gasteiger partial charge in [-0.1, -0.05) is 72.8 Å². The number of aliphatic imine (C=N–C) groups is 1. The summed E-state index contributed by atoms with van der Waals surface area (Å²) >= 11 is 0.